The minimum absolute atomic E-state index is 0.917. The van der Waals surface area contributed by atoms with E-state index < -0.39 is 0 Å². The molecule has 0 nitrogen and oxygen atoms in total. The fraction of sp³-hybridized carbons (Fsp3) is 0.222. The molecular formula is C18H20S2. The van der Waals surface area contributed by atoms with Gasteiger partial charge in [0.15, 0.2) is 0 Å². The average molecular weight is 300 g/mol. The Labute approximate surface area is 132 Å². The number of hydrogen-bond acceptors (Lipinski definition) is 2. The number of rotatable bonds is 4. The second kappa shape index (κ2) is 7.05. The van der Waals surface area contributed by atoms with E-state index in [9.17, 15) is 0 Å². The first kappa shape index (κ1) is 15.3. The van der Waals surface area contributed by atoms with Gasteiger partial charge >= 0.3 is 0 Å². The van der Waals surface area contributed by atoms with Gasteiger partial charge in [0.25, 0.3) is 0 Å². The summed E-state index contributed by atoms with van der Waals surface area (Å²) in [4.78, 5) is 1.83. The summed E-state index contributed by atoms with van der Waals surface area (Å²) in [7, 11) is 0. The molecule has 0 aliphatic carbocycles. The van der Waals surface area contributed by atoms with Crippen LogP contribution in [0.5, 0.6) is 0 Å². The molecule has 0 N–H and O–H groups in total. The fourth-order valence-electron chi connectivity index (χ4n) is 2.07. The van der Waals surface area contributed by atoms with Crippen LogP contribution in [-0.4, -0.2) is 0 Å². The summed E-state index contributed by atoms with van der Waals surface area (Å²) in [6, 6.07) is 17.0. The average Bonchev–Trinajstić information content (AvgIpc) is 2.53. The molecule has 0 radical (unpaired) electrons. The SMILES string of the molecule is CCc1ccc(/C(S)=C(/S)c2ccc(CC)cc2)cc1. The lowest BCUT2D eigenvalue weighted by atomic mass is 10.1. The first-order valence-electron chi connectivity index (χ1n) is 6.96. The molecule has 0 aliphatic rings. The molecule has 0 atom stereocenters. The van der Waals surface area contributed by atoms with Gasteiger partial charge < -0.3 is 0 Å². The topological polar surface area (TPSA) is 0 Å². The van der Waals surface area contributed by atoms with Gasteiger partial charge in [-0.2, -0.15) is 0 Å². The number of hydrogen-bond donors (Lipinski definition) is 2. The highest BCUT2D eigenvalue weighted by Gasteiger charge is 2.05. The molecule has 2 aromatic carbocycles. The molecule has 0 spiro atoms. The van der Waals surface area contributed by atoms with Crippen molar-refractivity contribution in [2.45, 2.75) is 26.7 Å². The number of benzene rings is 2. The summed E-state index contributed by atoms with van der Waals surface area (Å²) in [6.07, 6.45) is 2.11. The molecule has 0 amide bonds. The predicted octanol–water partition coefficient (Wildman–Crippen LogP) is 5.50. The monoisotopic (exact) mass is 300 g/mol. The highest BCUT2D eigenvalue weighted by atomic mass is 32.1. The van der Waals surface area contributed by atoms with Gasteiger partial charge in [0.2, 0.25) is 0 Å². The maximum atomic E-state index is 4.64. The summed E-state index contributed by atoms with van der Waals surface area (Å²) in [5.74, 6) is 0. The standard InChI is InChI=1S/C18H20S2/c1-3-13-5-9-15(10-6-13)17(19)18(20)16-11-7-14(4-2)8-12-16/h5-12,19-20H,3-4H2,1-2H3/b18-17-. The van der Waals surface area contributed by atoms with Gasteiger partial charge in [-0.05, 0) is 35.1 Å². The molecule has 2 rings (SSSR count). The minimum atomic E-state index is 0.917. The molecule has 0 aliphatic heterocycles. The van der Waals surface area contributed by atoms with Crippen molar-refractivity contribution in [2.24, 2.45) is 0 Å². The Hall–Kier alpha value is -1.12. The van der Waals surface area contributed by atoms with E-state index in [0.717, 1.165) is 33.8 Å². The maximum absolute atomic E-state index is 4.64. The van der Waals surface area contributed by atoms with Crippen molar-refractivity contribution in [3.05, 3.63) is 70.8 Å². The zero-order valence-corrected chi connectivity index (χ0v) is 13.7. The normalized spacial score (nSPS) is 12.2. The van der Waals surface area contributed by atoms with E-state index in [-0.39, 0.29) is 0 Å². The second-order valence-electron chi connectivity index (χ2n) is 4.80. The van der Waals surface area contributed by atoms with Crippen LogP contribution in [-0.2, 0) is 12.8 Å². The molecule has 0 fully saturated rings. The smallest absolute Gasteiger partial charge is 0.0253 e. The highest BCUT2D eigenvalue weighted by Crippen LogP contribution is 2.32. The third-order valence-corrected chi connectivity index (χ3v) is 4.64. The molecule has 2 aromatic rings. The number of thiol groups is 2. The third kappa shape index (κ3) is 3.50. The van der Waals surface area contributed by atoms with Crippen LogP contribution >= 0.6 is 25.3 Å². The number of aryl methyl sites for hydroxylation is 2. The Morgan fingerprint density at radius 3 is 1.20 bits per heavy atom. The second-order valence-corrected chi connectivity index (χ2v) is 5.69. The summed E-state index contributed by atoms with van der Waals surface area (Å²) in [6.45, 7) is 4.32. The van der Waals surface area contributed by atoms with Crippen molar-refractivity contribution in [1.29, 1.82) is 0 Å². The summed E-state index contributed by atoms with van der Waals surface area (Å²) in [5.41, 5.74) is 4.89. The van der Waals surface area contributed by atoms with Crippen molar-refractivity contribution in [1.82, 2.24) is 0 Å². The van der Waals surface area contributed by atoms with E-state index in [1.807, 2.05) is 0 Å². The van der Waals surface area contributed by atoms with Gasteiger partial charge in [-0.15, -0.1) is 25.3 Å². The lowest BCUT2D eigenvalue weighted by Crippen LogP contribution is -1.86. The van der Waals surface area contributed by atoms with Gasteiger partial charge in [-0.3, -0.25) is 0 Å². The first-order valence-corrected chi connectivity index (χ1v) is 7.86. The van der Waals surface area contributed by atoms with E-state index in [1.54, 1.807) is 0 Å². The maximum Gasteiger partial charge on any atom is 0.0253 e. The molecule has 104 valence electrons. The molecular weight excluding hydrogens is 280 g/mol. The Bertz CT molecular complexity index is 537. The van der Waals surface area contributed by atoms with Crippen molar-refractivity contribution >= 4 is 35.1 Å². The molecule has 2 heteroatoms. The fourth-order valence-corrected chi connectivity index (χ4v) is 2.63. The van der Waals surface area contributed by atoms with Crippen LogP contribution < -0.4 is 0 Å². The Kier molecular flexibility index (Phi) is 5.38. The lowest BCUT2D eigenvalue weighted by molar-refractivity contribution is 1.14. The van der Waals surface area contributed by atoms with E-state index >= 15 is 0 Å². The van der Waals surface area contributed by atoms with Gasteiger partial charge in [0, 0.05) is 9.81 Å². The third-order valence-electron chi connectivity index (χ3n) is 3.50. The zero-order valence-electron chi connectivity index (χ0n) is 11.9. The van der Waals surface area contributed by atoms with Crippen molar-refractivity contribution < 1.29 is 0 Å². The minimum Gasteiger partial charge on any atom is -0.142 e. The van der Waals surface area contributed by atoms with Crippen LogP contribution in [0.4, 0.5) is 0 Å². The van der Waals surface area contributed by atoms with Crippen LogP contribution in [0.2, 0.25) is 0 Å². The van der Waals surface area contributed by atoms with Gasteiger partial charge in [-0.25, -0.2) is 0 Å². The lowest BCUT2D eigenvalue weighted by Gasteiger charge is -2.08. The Morgan fingerprint density at radius 2 is 0.950 bits per heavy atom. The summed E-state index contributed by atoms with van der Waals surface area (Å²) in [5, 5.41) is 0. The molecule has 0 bridgehead atoms. The Morgan fingerprint density at radius 1 is 0.650 bits per heavy atom. The van der Waals surface area contributed by atoms with E-state index in [1.165, 1.54) is 11.1 Å². The largest absolute Gasteiger partial charge is 0.142 e. The first-order chi connectivity index (χ1) is 9.65. The predicted molar refractivity (Wildman–Crippen MR) is 96.4 cm³/mol. The van der Waals surface area contributed by atoms with Crippen LogP contribution in [0, 0.1) is 0 Å². The van der Waals surface area contributed by atoms with E-state index in [4.69, 9.17) is 0 Å². The zero-order chi connectivity index (χ0) is 14.5. The molecule has 0 aromatic heterocycles. The molecule has 0 heterocycles. The molecule has 0 unspecified atom stereocenters. The van der Waals surface area contributed by atoms with Gasteiger partial charge in [0.05, 0.1) is 0 Å². The van der Waals surface area contributed by atoms with Crippen LogP contribution in [0.25, 0.3) is 9.81 Å². The van der Waals surface area contributed by atoms with Crippen LogP contribution in [0.3, 0.4) is 0 Å². The van der Waals surface area contributed by atoms with Gasteiger partial charge in [-0.1, -0.05) is 62.4 Å². The van der Waals surface area contributed by atoms with Crippen molar-refractivity contribution in [2.75, 3.05) is 0 Å². The van der Waals surface area contributed by atoms with Gasteiger partial charge in [0.1, 0.15) is 0 Å². The summed E-state index contributed by atoms with van der Waals surface area (Å²) >= 11 is 9.28. The molecule has 0 saturated heterocycles. The van der Waals surface area contributed by atoms with Crippen LogP contribution in [0.1, 0.15) is 36.1 Å². The van der Waals surface area contributed by atoms with Crippen LogP contribution in [0.15, 0.2) is 48.5 Å². The molecule has 0 saturated carbocycles. The van der Waals surface area contributed by atoms with E-state index in [0.29, 0.717) is 0 Å². The molecule has 20 heavy (non-hydrogen) atoms. The van der Waals surface area contributed by atoms with Crippen molar-refractivity contribution in [3.63, 3.8) is 0 Å². The Balaban J connectivity index is 2.32. The summed E-state index contributed by atoms with van der Waals surface area (Å²) < 4.78 is 0. The quantitative estimate of drug-likeness (QED) is 0.541. The van der Waals surface area contributed by atoms with Crippen molar-refractivity contribution in [3.8, 4) is 0 Å². The van der Waals surface area contributed by atoms with E-state index in [2.05, 4.69) is 87.6 Å². The highest BCUT2D eigenvalue weighted by molar-refractivity contribution is 7.96.